The first kappa shape index (κ1) is 22.5. The number of Topliss-reactive ketones (excluding diaryl/α,β-unsaturated/α-hetero) is 1. The van der Waals surface area contributed by atoms with Crippen molar-refractivity contribution in [3.8, 4) is 0 Å². The Morgan fingerprint density at radius 3 is 1.85 bits per heavy atom. The molecule has 0 bridgehead atoms. The minimum absolute atomic E-state index is 0.203. The summed E-state index contributed by atoms with van der Waals surface area (Å²) < 4.78 is 55.3. The molecule has 27 heavy (non-hydrogen) atoms. The zero-order valence-corrected chi connectivity index (χ0v) is 15.5. The zero-order chi connectivity index (χ0) is 20.5. The van der Waals surface area contributed by atoms with E-state index >= 15 is 0 Å². The van der Waals surface area contributed by atoms with E-state index in [1.807, 2.05) is 0 Å². The van der Waals surface area contributed by atoms with E-state index in [0.717, 1.165) is 12.1 Å². The molecule has 0 aromatic heterocycles. The summed E-state index contributed by atoms with van der Waals surface area (Å²) >= 11 is 0. The van der Waals surface area contributed by atoms with E-state index in [1.165, 1.54) is 42.5 Å². The Bertz CT molecular complexity index is 751. The summed E-state index contributed by atoms with van der Waals surface area (Å²) in [6.45, 7) is 1.45. The molecule has 0 radical (unpaired) electrons. The van der Waals surface area contributed by atoms with E-state index in [1.54, 1.807) is 22.1 Å². The first-order valence-corrected chi connectivity index (χ1v) is 8.36. The van der Waals surface area contributed by atoms with Crippen molar-refractivity contribution in [3.05, 3.63) is 71.8 Å². The summed E-state index contributed by atoms with van der Waals surface area (Å²) in [5.41, 5.74) is -4.07. The van der Waals surface area contributed by atoms with Crippen LogP contribution in [0.4, 0.5) is 13.2 Å². The molecule has 0 amide bonds. The third-order valence-corrected chi connectivity index (χ3v) is 3.75. The van der Waals surface area contributed by atoms with Crippen molar-refractivity contribution in [1.82, 2.24) is 0 Å². The average molecular weight is 398 g/mol. The van der Waals surface area contributed by atoms with Crippen LogP contribution < -0.4 is 0 Å². The molecule has 8 heteroatoms. The molecule has 2 aromatic rings. The number of hydrogen-bond acceptors (Lipinski definition) is 4. The van der Waals surface area contributed by atoms with Crippen LogP contribution in [0.5, 0.6) is 0 Å². The van der Waals surface area contributed by atoms with Gasteiger partial charge in [-0.05, 0) is 12.0 Å². The van der Waals surface area contributed by atoms with Crippen LogP contribution in [0.2, 0.25) is 0 Å². The van der Waals surface area contributed by atoms with Crippen molar-refractivity contribution < 1.29 is 32.1 Å². The van der Waals surface area contributed by atoms with Crippen molar-refractivity contribution >= 4 is 20.9 Å². The summed E-state index contributed by atoms with van der Waals surface area (Å²) in [4.78, 5) is 25.4. The number of carbonyl (C=O) groups excluding carboxylic acids is 2. The smallest absolute Gasteiger partial charge is 0.416 e. The van der Waals surface area contributed by atoms with Crippen molar-refractivity contribution in [2.45, 2.75) is 24.9 Å². The minimum atomic E-state index is -5.16. The van der Waals surface area contributed by atoms with E-state index in [0.29, 0.717) is 6.42 Å². The predicted octanol–water partition coefficient (Wildman–Crippen LogP) is 4.80. The maximum atomic E-state index is 14.2. The van der Waals surface area contributed by atoms with Gasteiger partial charge in [-0.3, -0.25) is 14.2 Å². The van der Waals surface area contributed by atoms with Crippen LogP contribution in [-0.2, 0) is 19.5 Å². The topological polar surface area (TPSA) is 60.4 Å². The number of carbonyl (C=O) groups is 2. The van der Waals surface area contributed by atoms with Crippen LogP contribution in [0.25, 0.3) is 0 Å². The van der Waals surface area contributed by atoms with Gasteiger partial charge in [0.1, 0.15) is 9.12 Å². The number of rotatable bonds is 6. The standard InChI is InChI=1S/C19H17F3O3.HOP/c1-2-13-25-17(24)18(19(20,21)22,15-11-7-4-8-12-15)16(23)14-9-5-3-6-10-14;1-2/h3-12H,2,13H2,1H3;2H. The molecule has 2 rings (SSSR count). The molecule has 0 heterocycles. The summed E-state index contributed by atoms with van der Waals surface area (Å²) in [6.07, 6.45) is -4.82. The van der Waals surface area contributed by atoms with E-state index < -0.39 is 28.9 Å². The number of hydrogen-bond donors (Lipinski definition) is 0. The van der Waals surface area contributed by atoms with Crippen molar-refractivity contribution in [2.24, 2.45) is 0 Å². The van der Waals surface area contributed by atoms with Gasteiger partial charge in [-0.25, -0.2) is 0 Å². The zero-order valence-electron chi connectivity index (χ0n) is 14.5. The molecule has 0 aliphatic carbocycles. The molecule has 0 aliphatic heterocycles. The molecule has 1 unspecified atom stereocenters. The number of halogens is 3. The number of ether oxygens (including phenoxy) is 1. The number of benzene rings is 2. The van der Waals surface area contributed by atoms with Crippen LogP contribution >= 0.6 is 9.12 Å². The second-order valence-corrected chi connectivity index (χ2v) is 5.44. The second-order valence-electron chi connectivity index (χ2n) is 5.44. The van der Waals surface area contributed by atoms with Gasteiger partial charge in [-0.15, -0.1) is 0 Å². The Balaban J connectivity index is 0.00000176. The van der Waals surface area contributed by atoms with Crippen molar-refractivity contribution in [2.75, 3.05) is 6.61 Å². The highest BCUT2D eigenvalue weighted by Gasteiger charge is 2.67. The highest BCUT2D eigenvalue weighted by atomic mass is 31.0. The molecule has 0 spiro atoms. The molecule has 0 aliphatic rings. The Hall–Kier alpha value is -2.53. The fraction of sp³-hybridized carbons (Fsp3) is 0.263. The van der Waals surface area contributed by atoms with Crippen LogP contribution in [0, 0.1) is 0 Å². The minimum Gasteiger partial charge on any atom is -0.464 e. The normalized spacial score (nSPS) is 12.9. The lowest BCUT2D eigenvalue weighted by molar-refractivity contribution is -0.197. The lowest BCUT2D eigenvalue weighted by Gasteiger charge is -2.32. The molecule has 0 saturated carbocycles. The third-order valence-electron chi connectivity index (χ3n) is 3.75. The van der Waals surface area contributed by atoms with Gasteiger partial charge < -0.3 is 4.74 Å². The summed E-state index contributed by atoms with van der Waals surface area (Å²) in [5.74, 6) is -2.96. The van der Waals surface area contributed by atoms with E-state index in [9.17, 15) is 22.8 Å². The largest absolute Gasteiger partial charge is 0.464 e. The molecule has 144 valence electrons. The Labute approximate surface area is 157 Å². The maximum absolute atomic E-state index is 14.2. The summed E-state index contributed by atoms with van der Waals surface area (Å²) in [7, 11) is 1.72. The van der Waals surface area contributed by atoms with E-state index in [2.05, 4.69) is 0 Å². The molecule has 0 fully saturated rings. The lowest BCUT2D eigenvalue weighted by Crippen LogP contribution is -2.56. The highest BCUT2D eigenvalue weighted by molar-refractivity contribution is 7.00. The Morgan fingerprint density at radius 2 is 1.41 bits per heavy atom. The van der Waals surface area contributed by atoms with Gasteiger partial charge in [0.05, 0.1) is 6.61 Å². The fourth-order valence-electron chi connectivity index (χ4n) is 2.55. The van der Waals surface area contributed by atoms with Crippen molar-refractivity contribution in [1.29, 1.82) is 0 Å². The fourth-order valence-corrected chi connectivity index (χ4v) is 2.55. The first-order valence-electron chi connectivity index (χ1n) is 7.95. The van der Waals surface area contributed by atoms with Gasteiger partial charge in [0.25, 0.3) is 0 Å². The van der Waals surface area contributed by atoms with Crippen LogP contribution in [-0.4, -0.2) is 24.5 Å². The van der Waals surface area contributed by atoms with Crippen LogP contribution in [0.3, 0.4) is 0 Å². The van der Waals surface area contributed by atoms with Gasteiger partial charge in [-0.2, -0.15) is 13.2 Å². The van der Waals surface area contributed by atoms with Crippen molar-refractivity contribution in [3.63, 3.8) is 0 Å². The SMILES string of the molecule is CCCOC(=O)C(C(=O)c1ccccc1)(c1ccccc1)C(F)(F)F.O=P. The molecule has 2 aromatic carbocycles. The maximum Gasteiger partial charge on any atom is 0.416 e. The summed E-state index contributed by atoms with van der Waals surface area (Å²) in [6, 6.07) is 13.4. The van der Waals surface area contributed by atoms with Gasteiger partial charge in [-0.1, -0.05) is 67.6 Å². The van der Waals surface area contributed by atoms with Crippen LogP contribution in [0.1, 0.15) is 29.3 Å². The Morgan fingerprint density at radius 1 is 0.926 bits per heavy atom. The first-order chi connectivity index (χ1) is 12.9. The van der Waals surface area contributed by atoms with E-state index in [-0.39, 0.29) is 12.2 Å². The number of ketones is 1. The summed E-state index contributed by atoms with van der Waals surface area (Å²) in [5, 5.41) is 0. The van der Waals surface area contributed by atoms with Gasteiger partial charge >= 0.3 is 12.1 Å². The number of esters is 1. The third kappa shape index (κ3) is 4.61. The predicted molar refractivity (Wildman–Crippen MR) is 95.2 cm³/mol. The molecular formula is C19H18F3O4P. The second kappa shape index (κ2) is 9.97. The van der Waals surface area contributed by atoms with Gasteiger partial charge in [0.2, 0.25) is 5.41 Å². The number of alkyl halides is 3. The Kier molecular flexibility index (Phi) is 8.32. The van der Waals surface area contributed by atoms with Crippen LogP contribution in [0.15, 0.2) is 60.7 Å². The molecule has 0 saturated heterocycles. The van der Waals surface area contributed by atoms with Gasteiger partial charge in [0.15, 0.2) is 5.78 Å². The lowest BCUT2D eigenvalue weighted by atomic mass is 9.73. The van der Waals surface area contributed by atoms with E-state index in [4.69, 9.17) is 9.30 Å². The molecule has 0 N–H and O–H groups in total. The molecule has 4 nitrogen and oxygen atoms in total. The monoisotopic (exact) mass is 398 g/mol. The average Bonchev–Trinajstić information content (AvgIpc) is 2.68. The molecule has 1 atom stereocenters. The molecular weight excluding hydrogens is 380 g/mol. The quantitative estimate of drug-likeness (QED) is 0.304. The highest BCUT2D eigenvalue weighted by Crippen LogP contribution is 2.44. The van der Waals surface area contributed by atoms with Gasteiger partial charge in [0, 0.05) is 5.56 Å².